The van der Waals surface area contributed by atoms with E-state index in [4.69, 9.17) is 4.74 Å². The van der Waals surface area contributed by atoms with E-state index in [1.54, 1.807) is 31.4 Å². The number of ether oxygens (including phenoxy) is 1. The smallest absolute Gasteiger partial charge is 0.356 e. The summed E-state index contributed by atoms with van der Waals surface area (Å²) in [5, 5.41) is 18.2. The average Bonchev–Trinajstić information content (AvgIpc) is 3.43. The molecule has 1 unspecified atom stereocenters. The van der Waals surface area contributed by atoms with E-state index in [9.17, 15) is 23.1 Å². The first-order valence-corrected chi connectivity index (χ1v) is 13.6. The summed E-state index contributed by atoms with van der Waals surface area (Å²) in [6.45, 7) is 10.6. The minimum absolute atomic E-state index is 0.0367. The molecule has 0 fully saturated rings. The number of hydrogen-bond donors (Lipinski definition) is 3. The van der Waals surface area contributed by atoms with Gasteiger partial charge in [-0.15, -0.1) is 11.3 Å². The lowest BCUT2D eigenvalue weighted by atomic mass is 10.1. The fourth-order valence-corrected chi connectivity index (χ4v) is 5.35. The van der Waals surface area contributed by atoms with Crippen molar-refractivity contribution in [2.24, 2.45) is 0 Å². The summed E-state index contributed by atoms with van der Waals surface area (Å²) in [7, 11) is -4.07. The molecule has 3 rings (SSSR count). The number of rotatable bonds is 9. The van der Waals surface area contributed by atoms with Gasteiger partial charge in [-0.05, 0) is 70.7 Å². The molecule has 0 aliphatic carbocycles. The van der Waals surface area contributed by atoms with E-state index in [0.29, 0.717) is 11.3 Å². The van der Waals surface area contributed by atoms with Gasteiger partial charge in [0, 0.05) is 17.3 Å². The number of nitrogens with zero attached hydrogens (tertiary/aromatic N) is 2. The number of sulfonamides is 1. The maximum atomic E-state index is 13.3. The molecular formula is C24H30N4O6S2. The predicted molar refractivity (Wildman–Crippen MR) is 138 cm³/mol. The van der Waals surface area contributed by atoms with Gasteiger partial charge < -0.3 is 15.2 Å². The number of hydrogen-bond acceptors (Lipinski definition) is 7. The second kappa shape index (κ2) is 10.4. The molecule has 0 aliphatic heterocycles. The van der Waals surface area contributed by atoms with Crippen molar-refractivity contribution in [2.75, 3.05) is 5.32 Å². The number of carboxylic acids is 1. The van der Waals surface area contributed by atoms with Crippen LogP contribution in [-0.2, 0) is 15.6 Å². The van der Waals surface area contributed by atoms with E-state index < -0.39 is 21.5 Å². The fourth-order valence-electron chi connectivity index (χ4n) is 3.25. The maximum Gasteiger partial charge on any atom is 0.356 e. The summed E-state index contributed by atoms with van der Waals surface area (Å²) in [6, 6.07) is 7.32. The van der Waals surface area contributed by atoms with Crippen LogP contribution in [0.25, 0.3) is 0 Å². The molecule has 0 bridgehead atoms. The summed E-state index contributed by atoms with van der Waals surface area (Å²) in [5.41, 5.74) is -0.332. The maximum absolute atomic E-state index is 13.3. The Kier molecular flexibility index (Phi) is 7.91. The highest BCUT2D eigenvalue weighted by Crippen LogP contribution is 2.36. The average molecular weight is 535 g/mol. The van der Waals surface area contributed by atoms with Gasteiger partial charge in [0.05, 0.1) is 10.4 Å². The van der Waals surface area contributed by atoms with Crippen LogP contribution in [0.3, 0.4) is 0 Å². The highest BCUT2D eigenvalue weighted by atomic mass is 32.2. The number of amides is 1. The Hall–Kier alpha value is -3.22. The van der Waals surface area contributed by atoms with Crippen molar-refractivity contribution in [1.82, 2.24) is 14.5 Å². The van der Waals surface area contributed by atoms with Gasteiger partial charge in [-0.1, -0.05) is 13.0 Å². The number of carbonyl (C=O) groups excluding carboxylic acids is 1. The first kappa shape index (κ1) is 27.4. The van der Waals surface area contributed by atoms with Crippen molar-refractivity contribution in [3.63, 3.8) is 0 Å². The van der Waals surface area contributed by atoms with Crippen molar-refractivity contribution >= 4 is 38.9 Å². The number of aromatic nitrogens is 2. The third-order valence-electron chi connectivity index (χ3n) is 5.32. The van der Waals surface area contributed by atoms with E-state index in [1.165, 1.54) is 34.2 Å². The van der Waals surface area contributed by atoms with Crippen LogP contribution in [-0.4, -0.2) is 41.2 Å². The topological polar surface area (TPSA) is 140 Å². The van der Waals surface area contributed by atoms with Gasteiger partial charge in [0.25, 0.3) is 5.91 Å². The number of anilines is 1. The zero-order valence-corrected chi connectivity index (χ0v) is 22.6. The highest BCUT2D eigenvalue weighted by molar-refractivity contribution is 7.89. The molecule has 2 heterocycles. The quantitative estimate of drug-likeness (QED) is 0.357. The third-order valence-corrected chi connectivity index (χ3v) is 7.80. The summed E-state index contributed by atoms with van der Waals surface area (Å²) in [5.74, 6) is -1.52. The van der Waals surface area contributed by atoms with Crippen LogP contribution in [0.2, 0.25) is 0 Å². The molecule has 194 valence electrons. The first-order chi connectivity index (χ1) is 16.7. The van der Waals surface area contributed by atoms with E-state index >= 15 is 0 Å². The predicted octanol–water partition coefficient (Wildman–Crippen LogP) is 4.83. The lowest BCUT2D eigenvalue weighted by Gasteiger charge is -2.23. The third kappa shape index (κ3) is 5.94. The number of aromatic carboxylic acids is 1. The molecule has 0 saturated carbocycles. The SMILES string of the molecule is CCC(C)NS(=O)(=O)c1cc(NC(=O)c2cccs2)ccc1Oc1c(C)c(C(=O)O)nn1C(C)(C)C. The van der Waals surface area contributed by atoms with Gasteiger partial charge in [0.1, 0.15) is 10.6 Å². The van der Waals surface area contributed by atoms with Crippen LogP contribution in [0.1, 0.15) is 66.8 Å². The molecule has 3 aromatic rings. The van der Waals surface area contributed by atoms with E-state index in [2.05, 4.69) is 15.1 Å². The largest absolute Gasteiger partial charge is 0.476 e. The number of benzene rings is 1. The van der Waals surface area contributed by atoms with Gasteiger partial charge in [-0.3, -0.25) is 4.79 Å². The van der Waals surface area contributed by atoms with Crippen LogP contribution >= 0.6 is 11.3 Å². The summed E-state index contributed by atoms with van der Waals surface area (Å²) in [6.07, 6.45) is 0.558. The van der Waals surface area contributed by atoms with Crippen LogP contribution < -0.4 is 14.8 Å². The standard InChI is InChI=1S/C24H30N4O6S2/c1-7-14(2)27-36(32,33)19-13-16(25-21(29)18-9-8-12-35-18)10-11-17(19)34-22-15(3)20(23(30)31)26-28(22)24(4,5)6/h8-14,27H,7H2,1-6H3,(H,25,29)(H,30,31). The molecule has 3 N–H and O–H groups in total. The molecule has 0 aliphatic rings. The molecule has 1 aromatic carbocycles. The first-order valence-electron chi connectivity index (χ1n) is 11.3. The highest BCUT2D eigenvalue weighted by Gasteiger charge is 2.30. The lowest BCUT2D eigenvalue weighted by molar-refractivity contribution is 0.0687. The summed E-state index contributed by atoms with van der Waals surface area (Å²) >= 11 is 1.26. The fraction of sp³-hybridized carbons (Fsp3) is 0.375. The minimum atomic E-state index is -4.07. The van der Waals surface area contributed by atoms with Gasteiger partial charge in [-0.25, -0.2) is 22.6 Å². The van der Waals surface area contributed by atoms with E-state index in [-0.39, 0.29) is 45.4 Å². The molecule has 0 radical (unpaired) electrons. The van der Waals surface area contributed by atoms with Crippen molar-refractivity contribution in [1.29, 1.82) is 0 Å². The van der Waals surface area contributed by atoms with E-state index in [1.807, 2.05) is 27.7 Å². The van der Waals surface area contributed by atoms with Gasteiger partial charge in [0.2, 0.25) is 15.9 Å². The number of carboxylic acid groups (broad SMARTS) is 1. The van der Waals surface area contributed by atoms with Crippen LogP contribution in [0, 0.1) is 6.92 Å². The Morgan fingerprint density at radius 3 is 2.50 bits per heavy atom. The van der Waals surface area contributed by atoms with Crippen molar-refractivity contribution < 1.29 is 27.9 Å². The molecule has 10 nitrogen and oxygen atoms in total. The summed E-state index contributed by atoms with van der Waals surface area (Å²) in [4.78, 5) is 24.5. The van der Waals surface area contributed by atoms with Crippen molar-refractivity contribution in [2.45, 2.75) is 64.4 Å². The Balaban J connectivity index is 2.12. The molecule has 0 spiro atoms. The number of thiophene rings is 1. The van der Waals surface area contributed by atoms with E-state index in [0.717, 1.165) is 0 Å². The Morgan fingerprint density at radius 1 is 1.25 bits per heavy atom. The Morgan fingerprint density at radius 2 is 1.94 bits per heavy atom. The molecular weight excluding hydrogens is 504 g/mol. The van der Waals surface area contributed by atoms with Gasteiger partial charge >= 0.3 is 5.97 Å². The molecule has 1 atom stereocenters. The summed E-state index contributed by atoms with van der Waals surface area (Å²) < 4.78 is 36.8. The van der Waals surface area contributed by atoms with Crippen molar-refractivity contribution in [3.05, 3.63) is 51.8 Å². The number of nitrogens with one attached hydrogen (secondary N) is 2. The second-order valence-corrected chi connectivity index (χ2v) is 11.9. The molecule has 1 amide bonds. The molecule has 0 saturated heterocycles. The zero-order valence-electron chi connectivity index (χ0n) is 20.9. The van der Waals surface area contributed by atoms with Crippen LogP contribution in [0.5, 0.6) is 11.6 Å². The Bertz CT molecular complexity index is 1370. The van der Waals surface area contributed by atoms with Crippen LogP contribution in [0.15, 0.2) is 40.6 Å². The normalized spacial score (nSPS) is 12.8. The minimum Gasteiger partial charge on any atom is -0.476 e. The Labute approximate surface area is 214 Å². The van der Waals surface area contributed by atoms with Crippen LogP contribution in [0.4, 0.5) is 5.69 Å². The lowest BCUT2D eigenvalue weighted by Crippen LogP contribution is -2.32. The monoisotopic (exact) mass is 534 g/mol. The second-order valence-electron chi connectivity index (χ2n) is 9.29. The zero-order chi connectivity index (χ0) is 26.8. The molecule has 2 aromatic heterocycles. The number of carbonyl (C=O) groups is 2. The van der Waals surface area contributed by atoms with Gasteiger partial charge in [0.15, 0.2) is 5.69 Å². The van der Waals surface area contributed by atoms with Crippen molar-refractivity contribution in [3.8, 4) is 11.6 Å². The molecule has 12 heteroatoms. The van der Waals surface area contributed by atoms with Gasteiger partial charge in [-0.2, -0.15) is 5.10 Å². The molecule has 36 heavy (non-hydrogen) atoms.